The SMILES string of the molecule is CN(C)C1C=CC=C(O)C1. The molecule has 0 saturated carbocycles. The van der Waals surface area contributed by atoms with Crippen LogP contribution in [0.5, 0.6) is 0 Å². The first-order valence-electron chi connectivity index (χ1n) is 3.43. The zero-order chi connectivity index (χ0) is 7.56. The molecule has 2 heteroatoms. The van der Waals surface area contributed by atoms with Crippen molar-refractivity contribution in [2.45, 2.75) is 12.5 Å². The van der Waals surface area contributed by atoms with Gasteiger partial charge in [0.1, 0.15) is 0 Å². The van der Waals surface area contributed by atoms with Gasteiger partial charge in [0, 0.05) is 12.5 Å². The summed E-state index contributed by atoms with van der Waals surface area (Å²) < 4.78 is 0. The van der Waals surface area contributed by atoms with Crippen LogP contribution >= 0.6 is 0 Å². The van der Waals surface area contributed by atoms with E-state index in [0.29, 0.717) is 11.8 Å². The Hall–Kier alpha value is -0.760. The topological polar surface area (TPSA) is 23.5 Å². The molecular formula is C8H13NO. The molecule has 0 aromatic rings. The number of likely N-dealkylation sites (N-methyl/N-ethyl adjacent to an activating group) is 1. The summed E-state index contributed by atoms with van der Waals surface area (Å²) in [4.78, 5) is 2.08. The van der Waals surface area contributed by atoms with Crippen molar-refractivity contribution in [3.05, 3.63) is 24.0 Å². The Morgan fingerprint density at radius 1 is 1.60 bits per heavy atom. The summed E-state index contributed by atoms with van der Waals surface area (Å²) in [5.41, 5.74) is 0. The van der Waals surface area contributed by atoms with Gasteiger partial charge >= 0.3 is 0 Å². The number of aliphatic hydroxyl groups is 1. The van der Waals surface area contributed by atoms with Gasteiger partial charge in [-0.05, 0) is 20.2 Å². The van der Waals surface area contributed by atoms with Gasteiger partial charge < -0.3 is 10.0 Å². The molecule has 0 saturated heterocycles. The van der Waals surface area contributed by atoms with Crippen LogP contribution in [0.3, 0.4) is 0 Å². The minimum Gasteiger partial charge on any atom is -0.512 e. The first kappa shape index (κ1) is 7.35. The highest BCUT2D eigenvalue weighted by molar-refractivity contribution is 5.17. The lowest BCUT2D eigenvalue weighted by molar-refractivity contribution is 0.291. The van der Waals surface area contributed by atoms with Gasteiger partial charge in [-0.1, -0.05) is 12.2 Å². The van der Waals surface area contributed by atoms with Crippen molar-refractivity contribution < 1.29 is 5.11 Å². The van der Waals surface area contributed by atoms with Crippen LogP contribution in [-0.2, 0) is 0 Å². The lowest BCUT2D eigenvalue weighted by atomic mass is 10.1. The molecule has 2 nitrogen and oxygen atoms in total. The van der Waals surface area contributed by atoms with Gasteiger partial charge in [0.05, 0.1) is 5.76 Å². The Kier molecular flexibility index (Phi) is 2.12. The molecule has 1 aliphatic carbocycles. The van der Waals surface area contributed by atoms with Gasteiger partial charge in [-0.2, -0.15) is 0 Å². The fourth-order valence-corrected chi connectivity index (χ4v) is 1.000. The molecular weight excluding hydrogens is 126 g/mol. The van der Waals surface area contributed by atoms with E-state index in [-0.39, 0.29) is 0 Å². The molecule has 0 amide bonds. The molecule has 0 aliphatic heterocycles. The van der Waals surface area contributed by atoms with Gasteiger partial charge in [-0.25, -0.2) is 0 Å². The summed E-state index contributed by atoms with van der Waals surface area (Å²) in [5.74, 6) is 0.473. The predicted molar refractivity (Wildman–Crippen MR) is 41.9 cm³/mol. The van der Waals surface area contributed by atoms with Gasteiger partial charge in [0.15, 0.2) is 0 Å². The largest absolute Gasteiger partial charge is 0.512 e. The van der Waals surface area contributed by atoms with E-state index in [9.17, 15) is 0 Å². The molecule has 10 heavy (non-hydrogen) atoms. The molecule has 1 rings (SSSR count). The zero-order valence-corrected chi connectivity index (χ0v) is 6.41. The van der Waals surface area contributed by atoms with Gasteiger partial charge in [0.2, 0.25) is 0 Å². The Morgan fingerprint density at radius 3 is 2.70 bits per heavy atom. The summed E-state index contributed by atoms with van der Waals surface area (Å²) >= 11 is 0. The van der Waals surface area contributed by atoms with E-state index in [1.54, 1.807) is 6.08 Å². The van der Waals surface area contributed by atoms with Crippen LogP contribution in [0.15, 0.2) is 24.0 Å². The number of hydrogen-bond donors (Lipinski definition) is 1. The van der Waals surface area contributed by atoms with Crippen LogP contribution in [0.2, 0.25) is 0 Å². The number of allylic oxidation sites excluding steroid dienone is 2. The van der Waals surface area contributed by atoms with E-state index in [0.717, 1.165) is 6.42 Å². The van der Waals surface area contributed by atoms with Crippen molar-refractivity contribution in [3.63, 3.8) is 0 Å². The van der Waals surface area contributed by atoms with E-state index >= 15 is 0 Å². The van der Waals surface area contributed by atoms with Crippen molar-refractivity contribution in [1.29, 1.82) is 0 Å². The summed E-state index contributed by atoms with van der Waals surface area (Å²) in [6.45, 7) is 0. The summed E-state index contributed by atoms with van der Waals surface area (Å²) in [6, 6.07) is 0.366. The average Bonchev–Trinajstić information content (AvgIpc) is 1.88. The molecule has 0 spiro atoms. The molecule has 0 aromatic heterocycles. The maximum absolute atomic E-state index is 9.11. The molecule has 1 aliphatic rings. The fourth-order valence-electron chi connectivity index (χ4n) is 1.000. The van der Waals surface area contributed by atoms with Crippen LogP contribution < -0.4 is 0 Å². The fraction of sp³-hybridized carbons (Fsp3) is 0.500. The molecule has 0 aromatic carbocycles. The Balaban J connectivity index is 2.55. The van der Waals surface area contributed by atoms with E-state index < -0.39 is 0 Å². The Labute approximate surface area is 61.5 Å². The molecule has 1 N–H and O–H groups in total. The quantitative estimate of drug-likeness (QED) is 0.592. The Bertz CT molecular complexity index is 170. The summed E-state index contributed by atoms with van der Waals surface area (Å²) in [5, 5.41) is 9.11. The molecule has 56 valence electrons. The maximum atomic E-state index is 9.11. The monoisotopic (exact) mass is 139 g/mol. The smallest absolute Gasteiger partial charge is 0.0941 e. The van der Waals surface area contributed by atoms with Crippen molar-refractivity contribution in [2.75, 3.05) is 14.1 Å². The highest BCUT2D eigenvalue weighted by Gasteiger charge is 2.11. The third-order valence-electron chi connectivity index (χ3n) is 1.70. The molecule has 1 atom stereocenters. The maximum Gasteiger partial charge on any atom is 0.0941 e. The van der Waals surface area contributed by atoms with Crippen LogP contribution in [-0.4, -0.2) is 30.1 Å². The minimum atomic E-state index is 0.366. The molecule has 0 radical (unpaired) electrons. The lowest BCUT2D eigenvalue weighted by Crippen LogP contribution is -2.27. The van der Waals surface area contributed by atoms with Crippen LogP contribution in [0, 0.1) is 0 Å². The molecule has 0 bridgehead atoms. The second kappa shape index (κ2) is 2.88. The molecule has 1 unspecified atom stereocenters. The first-order chi connectivity index (χ1) is 4.70. The Morgan fingerprint density at radius 2 is 2.30 bits per heavy atom. The standard InChI is InChI=1S/C8H13NO/c1-9(2)7-4-3-5-8(10)6-7/h3-5,7,10H,6H2,1-2H3. The highest BCUT2D eigenvalue weighted by atomic mass is 16.3. The molecule has 0 fully saturated rings. The summed E-state index contributed by atoms with van der Waals surface area (Å²) in [6.07, 6.45) is 6.45. The lowest BCUT2D eigenvalue weighted by Gasteiger charge is -2.22. The first-order valence-corrected chi connectivity index (χ1v) is 3.43. The van der Waals surface area contributed by atoms with E-state index in [2.05, 4.69) is 11.0 Å². The number of hydrogen-bond acceptors (Lipinski definition) is 2. The van der Waals surface area contributed by atoms with Gasteiger partial charge in [-0.3, -0.25) is 0 Å². The normalized spacial score (nSPS) is 25.1. The van der Waals surface area contributed by atoms with Crippen LogP contribution in [0.25, 0.3) is 0 Å². The van der Waals surface area contributed by atoms with Crippen LogP contribution in [0.4, 0.5) is 0 Å². The van der Waals surface area contributed by atoms with Crippen molar-refractivity contribution in [3.8, 4) is 0 Å². The predicted octanol–water partition coefficient (Wildman–Crippen LogP) is 1.32. The summed E-state index contributed by atoms with van der Waals surface area (Å²) in [7, 11) is 4.02. The van der Waals surface area contributed by atoms with Crippen LogP contribution in [0.1, 0.15) is 6.42 Å². The van der Waals surface area contributed by atoms with E-state index in [1.807, 2.05) is 20.2 Å². The number of nitrogens with zero attached hydrogens (tertiary/aromatic N) is 1. The minimum absolute atomic E-state index is 0.366. The van der Waals surface area contributed by atoms with E-state index in [4.69, 9.17) is 5.11 Å². The van der Waals surface area contributed by atoms with Gasteiger partial charge in [-0.15, -0.1) is 0 Å². The zero-order valence-electron chi connectivity index (χ0n) is 6.41. The van der Waals surface area contributed by atoms with E-state index in [1.165, 1.54) is 0 Å². The molecule has 0 heterocycles. The second-order valence-corrected chi connectivity index (χ2v) is 2.78. The average molecular weight is 139 g/mol. The second-order valence-electron chi connectivity index (χ2n) is 2.78. The number of aliphatic hydroxyl groups excluding tert-OH is 1. The van der Waals surface area contributed by atoms with Crippen molar-refractivity contribution in [2.24, 2.45) is 0 Å². The third-order valence-corrected chi connectivity index (χ3v) is 1.70. The van der Waals surface area contributed by atoms with Crippen molar-refractivity contribution in [1.82, 2.24) is 4.90 Å². The van der Waals surface area contributed by atoms with Gasteiger partial charge in [0.25, 0.3) is 0 Å². The third kappa shape index (κ3) is 1.61. The number of rotatable bonds is 1. The highest BCUT2D eigenvalue weighted by Crippen LogP contribution is 2.12. The van der Waals surface area contributed by atoms with Crippen molar-refractivity contribution >= 4 is 0 Å².